The fourth-order valence-corrected chi connectivity index (χ4v) is 3.39. The molecule has 1 saturated heterocycles. The molecule has 1 fully saturated rings. The van der Waals surface area contributed by atoms with E-state index in [1.54, 1.807) is 12.1 Å². The van der Waals surface area contributed by atoms with Gasteiger partial charge in [0.25, 0.3) is 5.91 Å². The molecule has 0 aliphatic carbocycles. The SMILES string of the molecule is O=C(NC1CCN(c2cc(-c3ccccc3)[nH]n2)CC1)c1cccc(F)c1. The summed E-state index contributed by atoms with van der Waals surface area (Å²) in [7, 11) is 0. The van der Waals surface area contributed by atoms with Gasteiger partial charge in [0, 0.05) is 30.8 Å². The molecule has 1 aliphatic heterocycles. The zero-order chi connectivity index (χ0) is 18.6. The third kappa shape index (κ3) is 4.00. The van der Waals surface area contributed by atoms with Gasteiger partial charge in [0.05, 0.1) is 5.69 Å². The van der Waals surface area contributed by atoms with E-state index in [2.05, 4.69) is 26.5 Å². The zero-order valence-corrected chi connectivity index (χ0v) is 14.9. The molecule has 4 rings (SSSR count). The summed E-state index contributed by atoms with van der Waals surface area (Å²) in [5.74, 6) is 0.299. The quantitative estimate of drug-likeness (QED) is 0.743. The first-order valence-electron chi connectivity index (χ1n) is 9.11. The average Bonchev–Trinajstić information content (AvgIpc) is 3.19. The van der Waals surface area contributed by atoms with Gasteiger partial charge in [-0.05, 0) is 36.6 Å². The molecule has 5 nitrogen and oxygen atoms in total. The molecule has 2 N–H and O–H groups in total. The topological polar surface area (TPSA) is 61.0 Å². The molecule has 0 spiro atoms. The van der Waals surface area contributed by atoms with Gasteiger partial charge in [-0.15, -0.1) is 0 Å². The van der Waals surface area contributed by atoms with Gasteiger partial charge in [0.1, 0.15) is 5.82 Å². The van der Waals surface area contributed by atoms with Crippen LogP contribution in [0.4, 0.5) is 10.2 Å². The van der Waals surface area contributed by atoms with Crippen LogP contribution in [-0.4, -0.2) is 35.2 Å². The van der Waals surface area contributed by atoms with Gasteiger partial charge in [-0.25, -0.2) is 4.39 Å². The van der Waals surface area contributed by atoms with Crippen LogP contribution in [0.3, 0.4) is 0 Å². The lowest BCUT2D eigenvalue weighted by molar-refractivity contribution is 0.0930. The summed E-state index contributed by atoms with van der Waals surface area (Å²) >= 11 is 0. The number of piperidine rings is 1. The Balaban J connectivity index is 1.34. The van der Waals surface area contributed by atoms with Crippen LogP contribution in [0.5, 0.6) is 0 Å². The number of anilines is 1. The van der Waals surface area contributed by atoms with E-state index in [1.165, 1.54) is 12.1 Å². The van der Waals surface area contributed by atoms with E-state index < -0.39 is 5.82 Å². The van der Waals surface area contributed by atoms with Crippen molar-refractivity contribution < 1.29 is 9.18 Å². The Labute approximate surface area is 157 Å². The predicted molar refractivity (Wildman–Crippen MR) is 103 cm³/mol. The molecular weight excluding hydrogens is 343 g/mol. The number of H-pyrrole nitrogens is 1. The van der Waals surface area contributed by atoms with Crippen molar-refractivity contribution >= 4 is 11.7 Å². The molecule has 0 saturated carbocycles. The number of benzene rings is 2. The summed E-state index contributed by atoms with van der Waals surface area (Å²) in [6, 6.07) is 18.0. The standard InChI is InChI=1S/C21H21FN4O/c22-17-8-4-7-16(13-17)21(27)23-18-9-11-26(12-10-18)20-14-19(24-25-20)15-5-2-1-3-6-15/h1-8,13-14,18H,9-12H2,(H,23,27)(H,24,25). The minimum atomic E-state index is -0.398. The van der Waals surface area contributed by atoms with Crippen LogP contribution < -0.4 is 10.2 Å². The van der Waals surface area contributed by atoms with Crippen molar-refractivity contribution in [3.05, 3.63) is 72.0 Å². The maximum atomic E-state index is 13.3. The Morgan fingerprint density at radius 1 is 1.07 bits per heavy atom. The number of hydrogen-bond donors (Lipinski definition) is 2. The molecule has 6 heteroatoms. The van der Waals surface area contributed by atoms with Crippen LogP contribution in [0, 0.1) is 5.82 Å². The smallest absolute Gasteiger partial charge is 0.251 e. The highest BCUT2D eigenvalue weighted by Crippen LogP contribution is 2.24. The van der Waals surface area contributed by atoms with Gasteiger partial charge in [-0.2, -0.15) is 5.10 Å². The first kappa shape index (κ1) is 17.3. The Bertz CT molecular complexity index is 917. The number of nitrogens with zero attached hydrogens (tertiary/aromatic N) is 2. The number of rotatable bonds is 4. The first-order chi connectivity index (χ1) is 13.2. The summed E-state index contributed by atoms with van der Waals surface area (Å²) in [5, 5.41) is 10.5. The van der Waals surface area contributed by atoms with Gasteiger partial charge in [-0.1, -0.05) is 36.4 Å². The Kier molecular flexibility index (Phi) is 4.87. The average molecular weight is 364 g/mol. The Morgan fingerprint density at radius 3 is 2.59 bits per heavy atom. The van der Waals surface area contributed by atoms with Gasteiger partial charge >= 0.3 is 0 Å². The van der Waals surface area contributed by atoms with Crippen molar-refractivity contribution in [2.45, 2.75) is 18.9 Å². The second kappa shape index (κ2) is 7.61. The van der Waals surface area contributed by atoms with Crippen LogP contribution in [0.2, 0.25) is 0 Å². The molecule has 138 valence electrons. The van der Waals surface area contributed by atoms with Crippen LogP contribution in [0.15, 0.2) is 60.7 Å². The van der Waals surface area contributed by atoms with Gasteiger partial charge < -0.3 is 10.2 Å². The summed E-state index contributed by atoms with van der Waals surface area (Å²) in [6.07, 6.45) is 1.66. The van der Waals surface area contributed by atoms with Gasteiger partial charge in [0.2, 0.25) is 0 Å². The molecule has 1 aromatic heterocycles. The highest BCUT2D eigenvalue weighted by molar-refractivity contribution is 5.94. The summed E-state index contributed by atoms with van der Waals surface area (Å²) in [5.41, 5.74) is 2.46. The van der Waals surface area contributed by atoms with E-state index in [4.69, 9.17) is 0 Å². The van der Waals surface area contributed by atoms with Crippen LogP contribution >= 0.6 is 0 Å². The van der Waals surface area contributed by atoms with Gasteiger partial charge in [-0.3, -0.25) is 9.89 Å². The molecule has 0 radical (unpaired) electrons. The second-order valence-corrected chi connectivity index (χ2v) is 6.75. The van der Waals surface area contributed by atoms with Crippen molar-refractivity contribution in [3.8, 4) is 11.3 Å². The molecule has 0 bridgehead atoms. The number of aromatic nitrogens is 2. The third-order valence-electron chi connectivity index (χ3n) is 4.89. The maximum absolute atomic E-state index is 13.3. The molecule has 2 aromatic carbocycles. The predicted octanol–water partition coefficient (Wildman–Crippen LogP) is 3.61. The lowest BCUT2D eigenvalue weighted by Gasteiger charge is -2.32. The van der Waals surface area contributed by atoms with Crippen LogP contribution in [0.1, 0.15) is 23.2 Å². The van der Waals surface area contributed by atoms with Crippen molar-refractivity contribution in [1.29, 1.82) is 0 Å². The first-order valence-corrected chi connectivity index (χ1v) is 9.11. The number of nitrogens with one attached hydrogen (secondary N) is 2. The fourth-order valence-electron chi connectivity index (χ4n) is 3.39. The number of halogens is 1. The molecule has 27 heavy (non-hydrogen) atoms. The van der Waals surface area contributed by atoms with E-state index in [0.29, 0.717) is 5.56 Å². The Hall–Kier alpha value is -3.15. The largest absolute Gasteiger partial charge is 0.355 e. The minimum Gasteiger partial charge on any atom is -0.355 e. The second-order valence-electron chi connectivity index (χ2n) is 6.75. The number of aromatic amines is 1. The molecule has 1 amide bonds. The number of amides is 1. The zero-order valence-electron chi connectivity index (χ0n) is 14.9. The molecular formula is C21H21FN4O. The summed E-state index contributed by atoms with van der Waals surface area (Å²) in [4.78, 5) is 14.5. The third-order valence-corrected chi connectivity index (χ3v) is 4.89. The van der Waals surface area contributed by atoms with Crippen molar-refractivity contribution in [2.75, 3.05) is 18.0 Å². The number of hydrogen-bond acceptors (Lipinski definition) is 3. The molecule has 2 heterocycles. The molecule has 0 unspecified atom stereocenters. The molecule has 3 aromatic rings. The highest BCUT2D eigenvalue weighted by atomic mass is 19.1. The van der Waals surface area contributed by atoms with Crippen LogP contribution in [-0.2, 0) is 0 Å². The lowest BCUT2D eigenvalue weighted by atomic mass is 10.0. The van der Waals surface area contributed by atoms with E-state index in [9.17, 15) is 9.18 Å². The lowest BCUT2D eigenvalue weighted by Crippen LogP contribution is -2.44. The summed E-state index contributed by atoms with van der Waals surface area (Å²) in [6.45, 7) is 1.63. The van der Waals surface area contributed by atoms with Crippen molar-refractivity contribution in [1.82, 2.24) is 15.5 Å². The highest BCUT2D eigenvalue weighted by Gasteiger charge is 2.23. The monoisotopic (exact) mass is 364 g/mol. The molecule has 0 atom stereocenters. The molecule has 1 aliphatic rings. The van der Waals surface area contributed by atoms with E-state index in [0.717, 1.165) is 43.0 Å². The number of carbonyl (C=O) groups is 1. The van der Waals surface area contributed by atoms with E-state index in [-0.39, 0.29) is 11.9 Å². The summed E-state index contributed by atoms with van der Waals surface area (Å²) < 4.78 is 13.3. The van der Waals surface area contributed by atoms with Crippen molar-refractivity contribution in [3.63, 3.8) is 0 Å². The van der Waals surface area contributed by atoms with E-state index in [1.807, 2.05) is 30.3 Å². The Morgan fingerprint density at radius 2 is 1.85 bits per heavy atom. The van der Waals surface area contributed by atoms with Gasteiger partial charge in [0.15, 0.2) is 5.82 Å². The minimum absolute atomic E-state index is 0.0875. The maximum Gasteiger partial charge on any atom is 0.251 e. The van der Waals surface area contributed by atoms with Crippen LogP contribution in [0.25, 0.3) is 11.3 Å². The number of carbonyl (C=O) groups excluding carboxylic acids is 1. The van der Waals surface area contributed by atoms with Crippen molar-refractivity contribution in [2.24, 2.45) is 0 Å². The fraction of sp³-hybridized carbons (Fsp3) is 0.238. The normalized spacial score (nSPS) is 14.9. The van der Waals surface area contributed by atoms with E-state index >= 15 is 0 Å².